The van der Waals surface area contributed by atoms with Crippen LogP contribution in [0.1, 0.15) is 26.7 Å². The lowest BCUT2D eigenvalue weighted by Gasteiger charge is -2.21. The van der Waals surface area contributed by atoms with Gasteiger partial charge >= 0.3 is 11.9 Å². The van der Waals surface area contributed by atoms with Crippen LogP contribution in [0.2, 0.25) is 0 Å². The Hall–Kier alpha value is -2.09. The number of carbonyl (C=O) groups excluding carboxylic acids is 3. The van der Waals surface area contributed by atoms with E-state index in [-0.39, 0.29) is 18.2 Å². The Bertz CT molecular complexity index is 608. The summed E-state index contributed by atoms with van der Waals surface area (Å²) in [6, 6.07) is 5.17. The number of methoxy groups -OCH3 is 1. The average molecular weight is 385 g/mol. The van der Waals surface area contributed by atoms with Gasteiger partial charge in [0.2, 0.25) is 0 Å². The summed E-state index contributed by atoms with van der Waals surface area (Å²) in [5.41, 5.74) is 0. The molecule has 1 aromatic rings. The molecule has 0 heterocycles. The molecule has 0 spiro atoms. The van der Waals surface area contributed by atoms with Gasteiger partial charge in [0.25, 0.3) is 5.91 Å². The number of hydrogen-bond donors (Lipinski definition) is 1. The lowest BCUT2D eigenvalue weighted by atomic mass is 9.99. The fraction of sp³-hybridized carbons (Fsp3) is 0.500. The van der Waals surface area contributed by atoms with E-state index in [1.807, 2.05) is 13.8 Å². The first-order valence-corrected chi connectivity index (χ1v) is 9.27. The summed E-state index contributed by atoms with van der Waals surface area (Å²) in [5.74, 6) is -1.58. The van der Waals surface area contributed by atoms with Crippen LogP contribution in [0.4, 0.5) is 4.39 Å². The van der Waals surface area contributed by atoms with Crippen LogP contribution >= 0.6 is 11.8 Å². The summed E-state index contributed by atoms with van der Waals surface area (Å²) in [6.07, 6.45) is 0.793. The van der Waals surface area contributed by atoms with Gasteiger partial charge in [-0.25, -0.2) is 9.18 Å². The van der Waals surface area contributed by atoms with E-state index >= 15 is 0 Å². The predicted molar refractivity (Wildman–Crippen MR) is 96.1 cm³/mol. The van der Waals surface area contributed by atoms with E-state index in [2.05, 4.69) is 10.1 Å². The zero-order valence-corrected chi connectivity index (χ0v) is 15.9. The molecule has 0 aliphatic carbocycles. The Balaban J connectivity index is 2.33. The molecule has 0 aliphatic rings. The highest BCUT2D eigenvalue weighted by Gasteiger charge is 2.26. The summed E-state index contributed by atoms with van der Waals surface area (Å²) >= 11 is 1.39. The quantitative estimate of drug-likeness (QED) is 0.492. The average Bonchev–Trinajstić information content (AvgIpc) is 2.64. The molecule has 0 radical (unpaired) electrons. The molecule has 0 saturated carbocycles. The van der Waals surface area contributed by atoms with Gasteiger partial charge < -0.3 is 14.8 Å². The third-order valence-electron chi connectivity index (χ3n) is 3.74. The SMILES string of the molecule is CC[C@H](C)[C@H](NC(=O)COC(=O)CCSc1ccc(F)cc1)C(=O)OC. The van der Waals surface area contributed by atoms with Crippen LogP contribution in [0.3, 0.4) is 0 Å². The molecule has 0 unspecified atom stereocenters. The summed E-state index contributed by atoms with van der Waals surface area (Å²) in [5, 5.41) is 2.53. The molecule has 0 fully saturated rings. The van der Waals surface area contributed by atoms with E-state index in [1.165, 1.54) is 31.0 Å². The van der Waals surface area contributed by atoms with Gasteiger partial charge in [0.15, 0.2) is 6.61 Å². The molecule has 0 aliphatic heterocycles. The first kappa shape index (κ1) is 22.0. The van der Waals surface area contributed by atoms with Crippen LogP contribution in [0, 0.1) is 11.7 Å². The van der Waals surface area contributed by atoms with E-state index < -0.39 is 30.5 Å². The van der Waals surface area contributed by atoms with Crippen molar-refractivity contribution in [1.29, 1.82) is 0 Å². The molecule has 0 aromatic heterocycles. The van der Waals surface area contributed by atoms with Gasteiger partial charge in [-0.15, -0.1) is 11.8 Å². The van der Waals surface area contributed by atoms with Gasteiger partial charge in [-0.05, 0) is 30.2 Å². The molecule has 8 heteroatoms. The van der Waals surface area contributed by atoms with Crippen molar-refractivity contribution in [2.75, 3.05) is 19.5 Å². The van der Waals surface area contributed by atoms with E-state index in [0.29, 0.717) is 12.2 Å². The van der Waals surface area contributed by atoms with Gasteiger partial charge in [-0.1, -0.05) is 20.3 Å². The largest absolute Gasteiger partial charge is 0.467 e. The number of amides is 1. The van der Waals surface area contributed by atoms with Crippen LogP contribution < -0.4 is 5.32 Å². The number of carbonyl (C=O) groups is 3. The van der Waals surface area contributed by atoms with Crippen LogP contribution in [-0.2, 0) is 23.9 Å². The second-order valence-corrected chi connectivity index (χ2v) is 6.84. The first-order chi connectivity index (χ1) is 12.4. The molecular formula is C18H24FNO5S. The van der Waals surface area contributed by atoms with Gasteiger partial charge in [0.1, 0.15) is 11.9 Å². The maximum Gasteiger partial charge on any atom is 0.328 e. The van der Waals surface area contributed by atoms with E-state index in [1.54, 1.807) is 12.1 Å². The summed E-state index contributed by atoms with van der Waals surface area (Å²) < 4.78 is 22.4. The second-order valence-electron chi connectivity index (χ2n) is 5.67. The monoisotopic (exact) mass is 385 g/mol. The fourth-order valence-electron chi connectivity index (χ4n) is 2.01. The number of benzene rings is 1. The number of hydrogen-bond acceptors (Lipinski definition) is 6. The standard InChI is InChI=1S/C18H24FNO5S/c1-4-12(2)17(18(23)24-3)20-15(21)11-25-16(22)9-10-26-14-7-5-13(19)6-8-14/h5-8,12,17H,4,9-11H2,1-3H3,(H,20,21)/t12-,17-/m0/s1. The topological polar surface area (TPSA) is 81.7 Å². The Morgan fingerprint density at radius 2 is 1.88 bits per heavy atom. The van der Waals surface area contributed by atoms with Gasteiger partial charge in [-0.3, -0.25) is 9.59 Å². The van der Waals surface area contributed by atoms with Crippen molar-refractivity contribution in [2.24, 2.45) is 5.92 Å². The molecule has 1 aromatic carbocycles. The van der Waals surface area contributed by atoms with Crippen molar-refractivity contribution in [3.8, 4) is 0 Å². The minimum Gasteiger partial charge on any atom is -0.467 e. The molecule has 6 nitrogen and oxygen atoms in total. The number of thioether (sulfide) groups is 1. The Labute approximate surface area is 156 Å². The van der Waals surface area contributed by atoms with Gasteiger partial charge in [0.05, 0.1) is 13.5 Å². The Morgan fingerprint density at radius 3 is 2.46 bits per heavy atom. The zero-order valence-electron chi connectivity index (χ0n) is 15.1. The highest BCUT2D eigenvalue weighted by molar-refractivity contribution is 7.99. The van der Waals surface area contributed by atoms with Gasteiger partial charge in [-0.2, -0.15) is 0 Å². The summed E-state index contributed by atoms with van der Waals surface area (Å²) in [4.78, 5) is 36.1. The molecule has 144 valence electrons. The first-order valence-electron chi connectivity index (χ1n) is 8.28. The predicted octanol–water partition coefficient (Wildman–Crippen LogP) is 2.56. The van der Waals surface area contributed by atoms with Crippen molar-refractivity contribution < 1.29 is 28.2 Å². The molecule has 26 heavy (non-hydrogen) atoms. The van der Waals surface area contributed by atoms with Crippen LogP contribution in [0.5, 0.6) is 0 Å². The number of nitrogens with one attached hydrogen (secondary N) is 1. The second kappa shape index (κ2) is 11.5. The summed E-state index contributed by atoms with van der Waals surface area (Å²) in [6.45, 7) is 3.26. The third kappa shape index (κ3) is 7.86. The lowest BCUT2D eigenvalue weighted by Crippen LogP contribution is -2.47. The highest BCUT2D eigenvalue weighted by Crippen LogP contribution is 2.19. The number of halogens is 1. The van der Waals surface area contributed by atoms with Crippen molar-refractivity contribution in [1.82, 2.24) is 5.32 Å². The maximum atomic E-state index is 12.8. The Morgan fingerprint density at radius 1 is 1.23 bits per heavy atom. The highest BCUT2D eigenvalue weighted by atomic mass is 32.2. The van der Waals surface area contributed by atoms with E-state index in [9.17, 15) is 18.8 Å². The molecule has 1 N–H and O–H groups in total. The number of ether oxygens (including phenoxy) is 2. The summed E-state index contributed by atoms with van der Waals surface area (Å²) in [7, 11) is 1.25. The molecule has 0 bridgehead atoms. The minimum atomic E-state index is -0.773. The van der Waals surface area contributed by atoms with Crippen LogP contribution in [-0.4, -0.2) is 43.4 Å². The van der Waals surface area contributed by atoms with Crippen LogP contribution in [0.25, 0.3) is 0 Å². The third-order valence-corrected chi connectivity index (χ3v) is 4.75. The molecule has 1 amide bonds. The number of esters is 2. The van der Waals surface area contributed by atoms with E-state index in [0.717, 1.165) is 4.90 Å². The molecular weight excluding hydrogens is 361 g/mol. The van der Waals surface area contributed by atoms with Crippen molar-refractivity contribution in [3.63, 3.8) is 0 Å². The van der Waals surface area contributed by atoms with Crippen molar-refractivity contribution in [3.05, 3.63) is 30.1 Å². The smallest absolute Gasteiger partial charge is 0.328 e. The van der Waals surface area contributed by atoms with E-state index in [4.69, 9.17) is 4.74 Å². The molecule has 2 atom stereocenters. The van der Waals surface area contributed by atoms with Gasteiger partial charge in [0, 0.05) is 10.6 Å². The van der Waals surface area contributed by atoms with Crippen LogP contribution in [0.15, 0.2) is 29.2 Å². The maximum absolute atomic E-state index is 12.8. The molecule has 0 saturated heterocycles. The van der Waals surface area contributed by atoms with Crippen molar-refractivity contribution >= 4 is 29.6 Å². The lowest BCUT2D eigenvalue weighted by molar-refractivity contribution is -0.150. The fourth-order valence-corrected chi connectivity index (χ4v) is 2.85. The Kier molecular flexibility index (Phi) is 9.72. The molecule has 1 rings (SSSR count). The minimum absolute atomic E-state index is 0.103. The normalized spacial score (nSPS) is 12.8. The number of rotatable bonds is 10. The van der Waals surface area contributed by atoms with Crippen molar-refractivity contribution in [2.45, 2.75) is 37.6 Å². The zero-order chi connectivity index (χ0) is 19.5.